The summed E-state index contributed by atoms with van der Waals surface area (Å²) in [5.41, 5.74) is 2.27. The van der Waals surface area contributed by atoms with E-state index in [2.05, 4.69) is 36.6 Å². The summed E-state index contributed by atoms with van der Waals surface area (Å²) in [6, 6.07) is 4.19. The van der Waals surface area contributed by atoms with Crippen LogP contribution in [0.5, 0.6) is 11.5 Å². The summed E-state index contributed by atoms with van der Waals surface area (Å²) in [4.78, 5) is 4.72. The Kier molecular flexibility index (Phi) is 9.64. The summed E-state index contributed by atoms with van der Waals surface area (Å²) >= 11 is 0. The van der Waals surface area contributed by atoms with Gasteiger partial charge in [0, 0.05) is 37.2 Å². The first-order chi connectivity index (χ1) is 13.2. The fourth-order valence-electron chi connectivity index (χ4n) is 3.18. The molecule has 1 saturated carbocycles. The molecule has 1 aromatic rings. The van der Waals surface area contributed by atoms with E-state index in [1.165, 1.54) is 18.4 Å². The molecule has 2 aliphatic rings. The summed E-state index contributed by atoms with van der Waals surface area (Å²) < 4.78 is 17.4. The predicted octanol–water partition coefficient (Wildman–Crippen LogP) is 3.51. The molecule has 0 aromatic heterocycles. The second kappa shape index (κ2) is 11.7. The predicted molar refractivity (Wildman–Crippen MR) is 123 cm³/mol. The molecule has 158 valence electrons. The molecule has 6 nitrogen and oxygen atoms in total. The maximum absolute atomic E-state index is 5.90. The van der Waals surface area contributed by atoms with E-state index in [1.54, 1.807) is 0 Å². The van der Waals surface area contributed by atoms with Crippen molar-refractivity contribution < 1.29 is 14.2 Å². The van der Waals surface area contributed by atoms with Crippen LogP contribution in [0.25, 0.3) is 0 Å². The molecule has 0 bridgehead atoms. The molecule has 1 atom stereocenters. The number of aliphatic imine (C=N–C) groups is 1. The smallest absolute Gasteiger partial charge is 0.191 e. The quantitative estimate of drug-likeness (QED) is 0.222. The van der Waals surface area contributed by atoms with Gasteiger partial charge in [-0.1, -0.05) is 0 Å². The number of fused-ring (bicyclic) bond motifs is 1. The molecule has 0 radical (unpaired) electrons. The van der Waals surface area contributed by atoms with Gasteiger partial charge in [-0.3, -0.25) is 0 Å². The zero-order chi connectivity index (χ0) is 19.1. The number of benzene rings is 1. The number of guanidine groups is 1. The Morgan fingerprint density at radius 3 is 2.79 bits per heavy atom. The van der Waals surface area contributed by atoms with Gasteiger partial charge in [0.1, 0.15) is 17.6 Å². The number of nitrogens with zero attached hydrogens (tertiary/aromatic N) is 1. The van der Waals surface area contributed by atoms with Crippen LogP contribution in [0.15, 0.2) is 17.1 Å². The Morgan fingerprint density at radius 2 is 2.07 bits per heavy atom. The first-order valence-electron chi connectivity index (χ1n) is 10.2. The Bertz CT molecular complexity index is 650. The van der Waals surface area contributed by atoms with Crippen molar-refractivity contribution in [2.24, 2.45) is 10.9 Å². The second-order valence-corrected chi connectivity index (χ2v) is 7.27. The Balaban J connectivity index is 0.00000280. The van der Waals surface area contributed by atoms with Crippen LogP contribution < -0.4 is 20.1 Å². The van der Waals surface area contributed by atoms with Crippen LogP contribution in [0.3, 0.4) is 0 Å². The Morgan fingerprint density at radius 1 is 1.25 bits per heavy atom. The van der Waals surface area contributed by atoms with Crippen LogP contribution in [-0.4, -0.2) is 45.0 Å². The van der Waals surface area contributed by atoms with E-state index in [-0.39, 0.29) is 30.1 Å². The van der Waals surface area contributed by atoms with E-state index in [4.69, 9.17) is 19.2 Å². The van der Waals surface area contributed by atoms with Gasteiger partial charge in [0.2, 0.25) is 0 Å². The van der Waals surface area contributed by atoms with E-state index in [9.17, 15) is 0 Å². The zero-order valence-corrected chi connectivity index (χ0v) is 19.6. The van der Waals surface area contributed by atoms with Crippen molar-refractivity contribution >= 4 is 29.9 Å². The average Bonchev–Trinajstić information content (AvgIpc) is 3.39. The monoisotopic (exact) mass is 503 g/mol. The lowest BCUT2D eigenvalue weighted by atomic mass is 10.1. The molecule has 1 fully saturated rings. The number of hydrogen-bond donors (Lipinski definition) is 2. The average molecular weight is 503 g/mol. The van der Waals surface area contributed by atoms with E-state index in [0.29, 0.717) is 19.8 Å². The van der Waals surface area contributed by atoms with E-state index in [1.807, 2.05) is 6.92 Å². The number of nitrogens with one attached hydrogen (secondary N) is 2. The lowest BCUT2D eigenvalue weighted by Gasteiger charge is -2.14. The largest absolute Gasteiger partial charge is 0.494 e. The van der Waals surface area contributed by atoms with Crippen molar-refractivity contribution in [3.8, 4) is 11.5 Å². The first kappa shape index (κ1) is 23.1. The van der Waals surface area contributed by atoms with Gasteiger partial charge in [-0.15, -0.1) is 24.0 Å². The molecule has 0 spiro atoms. The minimum atomic E-state index is 0. The molecule has 1 unspecified atom stereocenters. The third-order valence-electron chi connectivity index (χ3n) is 4.72. The van der Waals surface area contributed by atoms with Crippen molar-refractivity contribution in [2.75, 3.05) is 32.9 Å². The van der Waals surface area contributed by atoms with E-state index in [0.717, 1.165) is 55.1 Å². The van der Waals surface area contributed by atoms with Crippen LogP contribution in [0.4, 0.5) is 0 Å². The summed E-state index contributed by atoms with van der Waals surface area (Å²) in [5.74, 6) is 3.46. The van der Waals surface area contributed by atoms with Gasteiger partial charge in [0.05, 0.1) is 19.8 Å². The zero-order valence-electron chi connectivity index (χ0n) is 17.3. The second-order valence-electron chi connectivity index (χ2n) is 7.27. The standard InChI is InChI=1S/C21H33N3O3.HI/c1-4-22-21(23-8-9-25-14-16-6-7-16)24-13-18-12-20-17(10-15(3)27-20)11-19(18)26-5-2;/h11-12,15-16H,4-10,13-14H2,1-3H3,(H2,22,23,24);1H. The number of hydrogen-bond acceptors (Lipinski definition) is 4. The summed E-state index contributed by atoms with van der Waals surface area (Å²) in [6.07, 6.45) is 3.80. The topological polar surface area (TPSA) is 64.1 Å². The van der Waals surface area contributed by atoms with Crippen LogP contribution >= 0.6 is 24.0 Å². The Hall–Kier alpha value is -1.22. The third-order valence-corrected chi connectivity index (χ3v) is 4.72. The lowest BCUT2D eigenvalue weighted by Crippen LogP contribution is -2.39. The first-order valence-corrected chi connectivity index (χ1v) is 10.2. The fraction of sp³-hybridized carbons (Fsp3) is 0.667. The minimum Gasteiger partial charge on any atom is -0.494 e. The molecule has 28 heavy (non-hydrogen) atoms. The van der Waals surface area contributed by atoms with Crippen LogP contribution in [0.2, 0.25) is 0 Å². The van der Waals surface area contributed by atoms with Crippen LogP contribution in [-0.2, 0) is 17.7 Å². The highest BCUT2D eigenvalue weighted by atomic mass is 127. The van der Waals surface area contributed by atoms with Gasteiger partial charge in [-0.25, -0.2) is 4.99 Å². The highest BCUT2D eigenvalue weighted by Gasteiger charge is 2.22. The molecular weight excluding hydrogens is 469 g/mol. The van der Waals surface area contributed by atoms with Gasteiger partial charge >= 0.3 is 0 Å². The molecule has 0 amide bonds. The highest BCUT2D eigenvalue weighted by Crippen LogP contribution is 2.35. The molecule has 1 aromatic carbocycles. The lowest BCUT2D eigenvalue weighted by molar-refractivity contribution is 0.129. The Labute approximate surface area is 185 Å². The maximum atomic E-state index is 5.90. The fourth-order valence-corrected chi connectivity index (χ4v) is 3.18. The van der Waals surface area contributed by atoms with E-state index >= 15 is 0 Å². The molecule has 7 heteroatoms. The molecular formula is C21H34IN3O3. The number of ether oxygens (including phenoxy) is 3. The van der Waals surface area contributed by atoms with Crippen molar-refractivity contribution in [1.29, 1.82) is 0 Å². The van der Waals surface area contributed by atoms with Crippen LogP contribution in [0.1, 0.15) is 44.7 Å². The van der Waals surface area contributed by atoms with Gasteiger partial charge < -0.3 is 24.8 Å². The molecule has 1 aliphatic heterocycles. The summed E-state index contributed by atoms with van der Waals surface area (Å²) in [7, 11) is 0. The van der Waals surface area contributed by atoms with Crippen molar-refractivity contribution in [3.63, 3.8) is 0 Å². The van der Waals surface area contributed by atoms with Crippen molar-refractivity contribution in [3.05, 3.63) is 23.3 Å². The molecule has 0 saturated heterocycles. The molecule has 3 rings (SSSR count). The number of rotatable bonds is 10. The summed E-state index contributed by atoms with van der Waals surface area (Å²) in [6.45, 7) is 10.5. The van der Waals surface area contributed by atoms with Gasteiger partial charge in [0.25, 0.3) is 0 Å². The van der Waals surface area contributed by atoms with E-state index < -0.39 is 0 Å². The SMILES string of the molecule is CCNC(=NCc1cc2c(cc1OCC)CC(C)O2)NCCOCC1CC1.I. The van der Waals surface area contributed by atoms with Crippen molar-refractivity contribution in [2.45, 2.75) is 52.7 Å². The maximum Gasteiger partial charge on any atom is 0.191 e. The normalized spacial score (nSPS) is 18.1. The highest BCUT2D eigenvalue weighted by molar-refractivity contribution is 14.0. The molecule has 1 aliphatic carbocycles. The van der Waals surface area contributed by atoms with Crippen molar-refractivity contribution in [1.82, 2.24) is 10.6 Å². The molecule has 1 heterocycles. The van der Waals surface area contributed by atoms with Gasteiger partial charge in [-0.2, -0.15) is 0 Å². The molecule has 2 N–H and O–H groups in total. The summed E-state index contributed by atoms with van der Waals surface area (Å²) in [5, 5.41) is 6.62. The van der Waals surface area contributed by atoms with Gasteiger partial charge in [0.15, 0.2) is 5.96 Å². The van der Waals surface area contributed by atoms with Crippen LogP contribution in [0, 0.1) is 5.92 Å². The third kappa shape index (κ3) is 6.99. The minimum absolute atomic E-state index is 0. The van der Waals surface area contributed by atoms with Gasteiger partial charge in [-0.05, 0) is 51.7 Å². The number of halogens is 1.